The molecular formula is C13H16N2O2S. The van der Waals surface area contributed by atoms with Crippen LogP contribution in [0.3, 0.4) is 0 Å². The Labute approximate surface area is 111 Å². The highest BCUT2D eigenvalue weighted by atomic mass is 32.2. The fraction of sp³-hybridized carbons (Fsp3) is 0.385. The van der Waals surface area contributed by atoms with Crippen molar-refractivity contribution in [1.82, 2.24) is 10.6 Å². The minimum atomic E-state index is -0.439. The van der Waals surface area contributed by atoms with Crippen LogP contribution in [0.25, 0.3) is 0 Å². The number of carbonyl (C=O) groups excluding carboxylic acids is 2. The van der Waals surface area contributed by atoms with Gasteiger partial charge in [0, 0.05) is 23.6 Å². The number of thioether (sulfide) groups is 1. The summed E-state index contributed by atoms with van der Waals surface area (Å²) in [4.78, 5) is 23.7. The Morgan fingerprint density at radius 3 is 3.11 bits per heavy atom. The number of rotatable bonds is 2. The van der Waals surface area contributed by atoms with Crippen molar-refractivity contribution in [2.24, 2.45) is 0 Å². The Kier molecular flexibility index (Phi) is 4.25. The molecule has 1 aromatic carbocycles. The molecule has 1 heterocycles. The zero-order chi connectivity index (χ0) is 13.0. The predicted molar refractivity (Wildman–Crippen MR) is 72.8 cm³/mol. The van der Waals surface area contributed by atoms with Gasteiger partial charge in [0.2, 0.25) is 5.91 Å². The van der Waals surface area contributed by atoms with Gasteiger partial charge in [0.05, 0.1) is 0 Å². The Morgan fingerprint density at radius 1 is 1.50 bits per heavy atom. The summed E-state index contributed by atoms with van der Waals surface area (Å²) in [7, 11) is 0. The SMILES string of the molecule is Cc1cccc(C(=O)NC2CSCCNC2=O)c1. The number of benzene rings is 1. The molecule has 1 saturated heterocycles. The highest BCUT2D eigenvalue weighted by Gasteiger charge is 2.23. The van der Waals surface area contributed by atoms with E-state index in [0.717, 1.165) is 11.3 Å². The zero-order valence-corrected chi connectivity index (χ0v) is 11.0. The molecule has 96 valence electrons. The van der Waals surface area contributed by atoms with Gasteiger partial charge in [-0.05, 0) is 19.1 Å². The van der Waals surface area contributed by atoms with Crippen molar-refractivity contribution in [3.8, 4) is 0 Å². The Balaban J connectivity index is 2.04. The largest absolute Gasteiger partial charge is 0.353 e. The summed E-state index contributed by atoms with van der Waals surface area (Å²) in [5.74, 6) is 1.23. The second-order valence-electron chi connectivity index (χ2n) is 4.26. The third-order valence-corrected chi connectivity index (χ3v) is 3.79. The predicted octanol–water partition coefficient (Wildman–Crippen LogP) is 0.956. The number of nitrogens with one attached hydrogen (secondary N) is 2. The number of aryl methyl sites for hydroxylation is 1. The summed E-state index contributed by atoms with van der Waals surface area (Å²) in [6.45, 7) is 2.60. The van der Waals surface area contributed by atoms with Crippen molar-refractivity contribution in [1.29, 1.82) is 0 Å². The van der Waals surface area contributed by atoms with E-state index in [-0.39, 0.29) is 11.8 Å². The molecule has 0 saturated carbocycles. The Bertz CT molecular complexity index is 462. The van der Waals surface area contributed by atoms with Crippen LogP contribution in [0.5, 0.6) is 0 Å². The molecule has 2 rings (SSSR count). The molecule has 1 unspecified atom stereocenters. The van der Waals surface area contributed by atoms with Gasteiger partial charge >= 0.3 is 0 Å². The maximum atomic E-state index is 12.0. The second kappa shape index (κ2) is 5.91. The molecule has 18 heavy (non-hydrogen) atoms. The van der Waals surface area contributed by atoms with E-state index in [2.05, 4.69) is 10.6 Å². The molecule has 0 aliphatic carbocycles. The average Bonchev–Trinajstić information content (AvgIpc) is 2.55. The maximum Gasteiger partial charge on any atom is 0.251 e. The van der Waals surface area contributed by atoms with Gasteiger partial charge in [0.25, 0.3) is 5.91 Å². The van der Waals surface area contributed by atoms with E-state index in [1.807, 2.05) is 25.1 Å². The summed E-state index contributed by atoms with van der Waals surface area (Å²) in [6, 6.07) is 6.91. The van der Waals surface area contributed by atoms with Gasteiger partial charge in [-0.3, -0.25) is 9.59 Å². The normalized spacial score (nSPS) is 19.8. The first-order chi connectivity index (χ1) is 8.66. The molecule has 2 amide bonds. The lowest BCUT2D eigenvalue weighted by atomic mass is 10.1. The van der Waals surface area contributed by atoms with Crippen molar-refractivity contribution < 1.29 is 9.59 Å². The van der Waals surface area contributed by atoms with Gasteiger partial charge < -0.3 is 10.6 Å². The van der Waals surface area contributed by atoms with Crippen LogP contribution < -0.4 is 10.6 Å². The quantitative estimate of drug-likeness (QED) is 0.836. The van der Waals surface area contributed by atoms with Crippen molar-refractivity contribution in [2.75, 3.05) is 18.1 Å². The lowest BCUT2D eigenvalue weighted by molar-refractivity contribution is -0.122. The van der Waals surface area contributed by atoms with E-state index in [4.69, 9.17) is 0 Å². The summed E-state index contributed by atoms with van der Waals surface area (Å²) in [6.07, 6.45) is 0. The molecule has 5 heteroatoms. The van der Waals surface area contributed by atoms with E-state index in [1.165, 1.54) is 0 Å². The standard InChI is InChI=1S/C13H16N2O2S/c1-9-3-2-4-10(7-9)12(16)15-11-8-18-6-5-14-13(11)17/h2-4,7,11H,5-6,8H2,1H3,(H,14,17)(H,15,16). The highest BCUT2D eigenvalue weighted by molar-refractivity contribution is 7.99. The first-order valence-corrected chi connectivity index (χ1v) is 7.05. The summed E-state index contributed by atoms with van der Waals surface area (Å²) in [5, 5.41) is 5.57. The van der Waals surface area contributed by atoms with Crippen LogP contribution >= 0.6 is 11.8 Å². The number of hydrogen-bond donors (Lipinski definition) is 2. The van der Waals surface area contributed by atoms with E-state index in [0.29, 0.717) is 17.9 Å². The molecule has 0 spiro atoms. The third kappa shape index (κ3) is 3.26. The van der Waals surface area contributed by atoms with Crippen LogP contribution in [0.15, 0.2) is 24.3 Å². The second-order valence-corrected chi connectivity index (χ2v) is 5.41. The van der Waals surface area contributed by atoms with Gasteiger partial charge in [-0.25, -0.2) is 0 Å². The van der Waals surface area contributed by atoms with Crippen LogP contribution in [0.1, 0.15) is 15.9 Å². The van der Waals surface area contributed by atoms with E-state index in [9.17, 15) is 9.59 Å². The van der Waals surface area contributed by atoms with Crippen molar-refractivity contribution in [3.63, 3.8) is 0 Å². The molecule has 2 N–H and O–H groups in total. The third-order valence-electron chi connectivity index (χ3n) is 2.73. The number of carbonyl (C=O) groups is 2. The van der Waals surface area contributed by atoms with Gasteiger partial charge in [-0.15, -0.1) is 0 Å². The molecule has 0 bridgehead atoms. The lowest BCUT2D eigenvalue weighted by Gasteiger charge is -2.14. The van der Waals surface area contributed by atoms with Crippen LogP contribution in [0.4, 0.5) is 0 Å². The first-order valence-electron chi connectivity index (χ1n) is 5.90. The average molecular weight is 264 g/mol. The van der Waals surface area contributed by atoms with Gasteiger partial charge in [-0.2, -0.15) is 11.8 Å². The van der Waals surface area contributed by atoms with Crippen molar-refractivity contribution in [2.45, 2.75) is 13.0 Å². The highest BCUT2D eigenvalue weighted by Crippen LogP contribution is 2.08. The number of amides is 2. The van der Waals surface area contributed by atoms with Crippen molar-refractivity contribution in [3.05, 3.63) is 35.4 Å². The fourth-order valence-corrected chi connectivity index (χ4v) is 2.67. The van der Waals surface area contributed by atoms with Crippen LogP contribution in [-0.4, -0.2) is 35.9 Å². The van der Waals surface area contributed by atoms with E-state index in [1.54, 1.807) is 17.8 Å². The molecule has 0 radical (unpaired) electrons. The first kappa shape index (κ1) is 13.0. The van der Waals surface area contributed by atoms with Gasteiger partial charge in [0.1, 0.15) is 6.04 Å². The van der Waals surface area contributed by atoms with Gasteiger partial charge in [0.15, 0.2) is 0 Å². The molecule has 0 aromatic heterocycles. The lowest BCUT2D eigenvalue weighted by Crippen LogP contribution is -2.47. The molecule has 4 nitrogen and oxygen atoms in total. The summed E-state index contributed by atoms with van der Waals surface area (Å²) in [5.41, 5.74) is 1.62. The molecule has 1 aliphatic heterocycles. The Hall–Kier alpha value is -1.49. The van der Waals surface area contributed by atoms with Crippen LogP contribution in [0, 0.1) is 6.92 Å². The molecule has 1 aliphatic rings. The molecular weight excluding hydrogens is 248 g/mol. The minimum absolute atomic E-state index is 0.0963. The smallest absolute Gasteiger partial charge is 0.251 e. The molecule has 1 aromatic rings. The summed E-state index contributed by atoms with van der Waals surface area (Å²) >= 11 is 1.67. The minimum Gasteiger partial charge on any atom is -0.353 e. The van der Waals surface area contributed by atoms with Crippen LogP contribution in [0.2, 0.25) is 0 Å². The fourth-order valence-electron chi connectivity index (χ4n) is 1.78. The molecule has 1 fully saturated rings. The van der Waals surface area contributed by atoms with Crippen LogP contribution in [-0.2, 0) is 4.79 Å². The topological polar surface area (TPSA) is 58.2 Å². The van der Waals surface area contributed by atoms with E-state index >= 15 is 0 Å². The Morgan fingerprint density at radius 2 is 2.33 bits per heavy atom. The number of hydrogen-bond acceptors (Lipinski definition) is 3. The van der Waals surface area contributed by atoms with E-state index < -0.39 is 6.04 Å². The zero-order valence-electron chi connectivity index (χ0n) is 10.2. The molecule has 1 atom stereocenters. The van der Waals surface area contributed by atoms with Crippen molar-refractivity contribution >= 4 is 23.6 Å². The monoisotopic (exact) mass is 264 g/mol. The maximum absolute atomic E-state index is 12.0. The van der Waals surface area contributed by atoms with Gasteiger partial charge in [-0.1, -0.05) is 17.7 Å². The summed E-state index contributed by atoms with van der Waals surface area (Å²) < 4.78 is 0.